The Hall–Kier alpha value is -0.530. The van der Waals surface area contributed by atoms with E-state index in [0.29, 0.717) is 5.92 Å². The summed E-state index contributed by atoms with van der Waals surface area (Å²) in [6.07, 6.45) is 3.91. The van der Waals surface area contributed by atoms with E-state index >= 15 is 0 Å². The summed E-state index contributed by atoms with van der Waals surface area (Å²) >= 11 is 0. The number of esters is 1. The summed E-state index contributed by atoms with van der Waals surface area (Å²) in [7, 11) is 0. The highest BCUT2D eigenvalue weighted by Crippen LogP contribution is 2.34. The van der Waals surface area contributed by atoms with Gasteiger partial charge in [0.2, 0.25) is 0 Å². The molecule has 0 aromatic rings. The second-order valence-electron chi connectivity index (χ2n) is 3.89. The standard InChI is InChI=1S/C10H18O2/c1-7-5-4-6-10(7)8(2)12-9(3)11/h7-8,10H,4-6H2,1-3H3. The predicted molar refractivity (Wildman–Crippen MR) is 47.7 cm³/mol. The van der Waals surface area contributed by atoms with E-state index in [4.69, 9.17) is 4.74 Å². The minimum absolute atomic E-state index is 0.111. The van der Waals surface area contributed by atoms with E-state index in [-0.39, 0.29) is 12.1 Å². The van der Waals surface area contributed by atoms with Crippen LogP contribution in [0, 0.1) is 11.8 Å². The third kappa shape index (κ3) is 2.23. The summed E-state index contributed by atoms with van der Waals surface area (Å²) in [5, 5.41) is 0. The van der Waals surface area contributed by atoms with E-state index in [1.165, 1.54) is 26.2 Å². The maximum atomic E-state index is 10.7. The molecule has 1 aliphatic rings. The van der Waals surface area contributed by atoms with Crippen LogP contribution >= 0.6 is 0 Å². The average Bonchev–Trinajstić information content (AvgIpc) is 2.33. The smallest absolute Gasteiger partial charge is 0.302 e. The molecule has 2 nitrogen and oxygen atoms in total. The van der Waals surface area contributed by atoms with Crippen LogP contribution in [0.3, 0.4) is 0 Å². The fourth-order valence-corrected chi connectivity index (χ4v) is 2.22. The van der Waals surface area contributed by atoms with E-state index in [1.807, 2.05) is 6.92 Å². The molecule has 1 fully saturated rings. The molecule has 3 atom stereocenters. The van der Waals surface area contributed by atoms with Gasteiger partial charge in [-0.05, 0) is 25.2 Å². The lowest BCUT2D eigenvalue weighted by Gasteiger charge is -2.22. The molecule has 0 aromatic carbocycles. The summed E-state index contributed by atoms with van der Waals surface area (Å²) in [6, 6.07) is 0. The van der Waals surface area contributed by atoms with Crippen molar-refractivity contribution in [1.82, 2.24) is 0 Å². The van der Waals surface area contributed by atoms with Gasteiger partial charge in [-0.3, -0.25) is 4.79 Å². The molecule has 0 saturated heterocycles. The maximum absolute atomic E-state index is 10.7. The highest BCUT2D eigenvalue weighted by atomic mass is 16.5. The zero-order valence-corrected chi connectivity index (χ0v) is 8.17. The van der Waals surface area contributed by atoms with E-state index in [0.717, 1.165) is 5.92 Å². The topological polar surface area (TPSA) is 26.3 Å². The molecule has 2 heteroatoms. The molecule has 0 N–H and O–H groups in total. The van der Waals surface area contributed by atoms with Gasteiger partial charge in [0.1, 0.15) is 6.10 Å². The second kappa shape index (κ2) is 3.92. The highest BCUT2D eigenvalue weighted by Gasteiger charge is 2.29. The van der Waals surface area contributed by atoms with Gasteiger partial charge in [-0.1, -0.05) is 19.8 Å². The molecule has 0 bridgehead atoms. The third-order valence-electron chi connectivity index (χ3n) is 2.88. The molecule has 12 heavy (non-hydrogen) atoms. The van der Waals surface area contributed by atoms with Crippen LogP contribution < -0.4 is 0 Å². The molecule has 0 aliphatic heterocycles. The quantitative estimate of drug-likeness (QED) is 0.595. The van der Waals surface area contributed by atoms with Gasteiger partial charge in [-0.2, -0.15) is 0 Å². The molecule has 70 valence electrons. The summed E-state index contributed by atoms with van der Waals surface area (Å²) in [5.74, 6) is 1.16. The third-order valence-corrected chi connectivity index (χ3v) is 2.88. The first-order chi connectivity index (χ1) is 5.61. The predicted octanol–water partition coefficient (Wildman–Crippen LogP) is 2.37. The van der Waals surface area contributed by atoms with Crippen molar-refractivity contribution in [3.63, 3.8) is 0 Å². The summed E-state index contributed by atoms with van der Waals surface area (Å²) in [6.45, 7) is 5.74. The fraction of sp³-hybridized carbons (Fsp3) is 0.900. The largest absolute Gasteiger partial charge is 0.463 e. The van der Waals surface area contributed by atoms with Crippen LogP contribution in [0.15, 0.2) is 0 Å². The van der Waals surface area contributed by atoms with E-state index in [9.17, 15) is 4.79 Å². The molecule has 1 aliphatic carbocycles. The van der Waals surface area contributed by atoms with Crippen molar-refractivity contribution in [2.45, 2.75) is 46.1 Å². The molecule has 1 rings (SSSR count). The van der Waals surface area contributed by atoms with Crippen LogP contribution in [0.4, 0.5) is 0 Å². The van der Waals surface area contributed by atoms with E-state index in [2.05, 4.69) is 6.92 Å². The molecule has 1 saturated carbocycles. The maximum Gasteiger partial charge on any atom is 0.302 e. The molecule has 0 amide bonds. The molecule has 0 aromatic heterocycles. The van der Waals surface area contributed by atoms with Gasteiger partial charge in [-0.25, -0.2) is 0 Å². The van der Waals surface area contributed by atoms with Crippen molar-refractivity contribution in [3.05, 3.63) is 0 Å². The van der Waals surface area contributed by atoms with Gasteiger partial charge in [0.25, 0.3) is 0 Å². The Morgan fingerprint density at radius 2 is 2.17 bits per heavy atom. The molecule has 0 spiro atoms. The van der Waals surface area contributed by atoms with Gasteiger partial charge >= 0.3 is 5.97 Å². The monoisotopic (exact) mass is 170 g/mol. The van der Waals surface area contributed by atoms with Crippen molar-refractivity contribution < 1.29 is 9.53 Å². The van der Waals surface area contributed by atoms with Gasteiger partial charge in [-0.15, -0.1) is 0 Å². The highest BCUT2D eigenvalue weighted by molar-refractivity contribution is 5.66. The lowest BCUT2D eigenvalue weighted by Crippen LogP contribution is -2.24. The number of hydrogen-bond donors (Lipinski definition) is 0. The van der Waals surface area contributed by atoms with Crippen molar-refractivity contribution in [2.24, 2.45) is 11.8 Å². The summed E-state index contributed by atoms with van der Waals surface area (Å²) in [5.41, 5.74) is 0. The molecule has 3 unspecified atom stereocenters. The number of ether oxygens (including phenoxy) is 1. The van der Waals surface area contributed by atoms with Crippen molar-refractivity contribution >= 4 is 5.97 Å². The fourth-order valence-electron chi connectivity index (χ4n) is 2.22. The summed E-state index contributed by atoms with van der Waals surface area (Å²) in [4.78, 5) is 10.7. The van der Waals surface area contributed by atoms with Crippen molar-refractivity contribution in [1.29, 1.82) is 0 Å². The van der Waals surface area contributed by atoms with Gasteiger partial charge < -0.3 is 4.74 Å². The Morgan fingerprint density at radius 1 is 1.50 bits per heavy atom. The first-order valence-electron chi connectivity index (χ1n) is 4.78. The first-order valence-corrected chi connectivity index (χ1v) is 4.78. The van der Waals surface area contributed by atoms with Crippen molar-refractivity contribution in [3.8, 4) is 0 Å². The Bertz CT molecular complexity index is 165. The minimum atomic E-state index is -0.151. The van der Waals surface area contributed by atoms with Crippen LogP contribution in [0.1, 0.15) is 40.0 Å². The van der Waals surface area contributed by atoms with E-state index < -0.39 is 0 Å². The van der Waals surface area contributed by atoms with Crippen LogP contribution in [-0.2, 0) is 9.53 Å². The second-order valence-corrected chi connectivity index (χ2v) is 3.89. The Morgan fingerprint density at radius 3 is 2.58 bits per heavy atom. The lowest BCUT2D eigenvalue weighted by molar-refractivity contribution is -0.148. The molecular formula is C10H18O2. The van der Waals surface area contributed by atoms with E-state index in [1.54, 1.807) is 0 Å². The van der Waals surface area contributed by atoms with Gasteiger partial charge in [0.05, 0.1) is 0 Å². The SMILES string of the molecule is CC(=O)OC(C)C1CCCC1C. The Balaban J connectivity index is 2.40. The average molecular weight is 170 g/mol. The number of carbonyl (C=O) groups excluding carboxylic acids is 1. The van der Waals surface area contributed by atoms with Gasteiger partial charge in [0, 0.05) is 6.92 Å². The van der Waals surface area contributed by atoms with Crippen LogP contribution in [-0.4, -0.2) is 12.1 Å². The van der Waals surface area contributed by atoms with Crippen LogP contribution in [0.2, 0.25) is 0 Å². The number of hydrogen-bond acceptors (Lipinski definition) is 2. The normalized spacial score (nSPS) is 31.6. The lowest BCUT2D eigenvalue weighted by atomic mass is 9.93. The minimum Gasteiger partial charge on any atom is -0.463 e. The van der Waals surface area contributed by atoms with Crippen LogP contribution in [0.25, 0.3) is 0 Å². The van der Waals surface area contributed by atoms with Crippen LogP contribution in [0.5, 0.6) is 0 Å². The molecule has 0 heterocycles. The Kier molecular flexibility index (Phi) is 3.12. The zero-order valence-electron chi connectivity index (χ0n) is 8.17. The first kappa shape index (κ1) is 9.56. The number of carbonyl (C=O) groups is 1. The zero-order chi connectivity index (χ0) is 9.14. The number of rotatable bonds is 2. The summed E-state index contributed by atoms with van der Waals surface area (Å²) < 4.78 is 5.17. The van der Waals surface area contributed by atoms with Gasteiger partial charge in [0.15, 0.2) is 0 Å². The molecular weight excluding hydrogens is 152 g/mol. The molecule has 0 radical (unpaired) electrons. The Labute approximate surface area is 74.3 Å². The van der Waals surface area contributed by atoms with Crippen molar-refractivity contribution in [2.75, 3.05) is 0 Å².